The molecule has 1 saturated carbocycles. The van der Waals surface area contributed by atoms with Crippen LogP contribution in [0.4, 0.5) is 0 Å². The molecule has 8 heteroatoms. The van der Waals surface area contributed by atoms with Gasteiger partial charge in [0, 0.05) is 12.1 Å². The van der Waals surface area contributed by atoms with Gasteiger partial charge in [0.15, 0.2) is 9.84 Å². The fraction of sp³-hybridized carbons (Fsp3) is 0.889. The molecule has 148 valence electrons. The van der Waals surface area contributed by atoms with Crippen LogP contribution in [0.2, 0.25) is 0 Å². The smallest absolute Gasteiger partial charge is 0.320 e. The normalized spacial score (nSPS) is 30.2. The highest BCUT2D eigenvalue weighted by Crippen LogP contribution is 2.29. The lowest BCUT2D eigenvalue weighted by Crippen LogP contribution is -2.55. The van der Waals surface area contributed by atoms with E-state index in [1.54, 1.807) is 4.90 Å². The van der Waals surface area contributed by atoms with E-state index in [1.807, 2.05) is 4.90 Å². The Morgan fingerprint density at radius 3 is 2.27 bits per heavy atom. The molecule has 0 aromatic heterocycles. The van der Waals surface area contributed by atoms with Crippen molar-refractivity contribution in [1.29, 1.82) is 0 Å². The number of aliphatic carboxylic acids is 1. The van der Waals surface area contributed by atoms with E-state index in [0.717, 1.165) is 44.9 Å². The standard InChI is InChI=1S/C18H30N2O5S/c21-17(12-19-10-5-4-8-16(19)18(22)23)20(14-6-2-1-3-7-14)15-9-11-26(24,25)13-15/h14-16H,1-13H2,(H,22,23). The summed E-state index contributed by atoms with van der Waals surface area (Å²) >= 11 is 0. The molecule has 2 heterocycles. The molecule has 3 rings (SSSR count). The van der Waals surface area contributed by atoms with Crippen LogP contribution in [0.3, 0.4) is 0 Å². The van der Waals surface area contributed by atoms with Gasteiger partial charge < -0.3 is 10.0 Å². The third-order valence-electron chi connectivity index (χ3n) is 6.09. The van der Waals surface area contributed by atoms with E-state index in [9.17, 15) is 23.1 Å². The molecule has 2 aliphatic heterocycles. The SMILES string of the molecule is O=C(O)C1CCCCN1CC(=O)N(C1CCCCC1)C1CCS(=O)(=O)C1. The van der Waals surface area contributed by atoms with Gasteiger partial charge in [0.1, 0.15) is 6.04 Å². The third-order valence-corrected chi connectivity index (χ3v) is 7.85. The van der Waals surface area contributed by atoms with E-state index >= 15 is 0 Å². The van der Waals surface area contributed by atoms with Crippen molar-refractivity contribution in [2.75, 3.05) is 24.6 Å². The Bertz CT molecular complexity index is 629. The maximum atomic E-state index is 13.2. The number of carboxylic acid groups (broad SMARTS) is 1. The van der Waals surface area contributed by atoms with Crippen LogP contribution in [0.1, 0.15) is 57.8 Å². The van der Waals surface area contributed by atoms with Crippen LogP contribution in [0.5, 0.6) is 0 Å². The molecule has 0 aromatic rings. The molecule has 2 saturated heterocycles. The molecule has 3 fully saturated rings. The molecule has 2 unspecified atom stereocenters. The van der Waals surface area contributed by atoms with E-state index in [0.29, 0.717) is 19.4 Å². The van der Waals surface area contributed by atoms with E-state index in [-0.39, 0.29) is 36.0 Å². The molecular weight excluding hydrogens is 356 g/mol. The average molecular weight is 387 g/mol. The highest BCUT2D eigenvalue weighted by molar-refractivity contribution is 7.91. The van der Waals surface area contributed by atoms with Crippen molar-refractivity contribution in [3.63, 3.8) is 0 Å². The number of carboxylic acids is 1. The van der Waals surface area contributed by atoms with E-state index in [4.69, 9.17) is 0 Å². The van der Waals surface area contributed by atoms with E-state index < -0.39 is 21.8 Å². The Labute approximate surface area is 155 Å². The van der Waals surface area contributed by atoms with Crippen molar-refractivity contribution in [3.8, 4) is 0 Å². The van der Waals surface area contributed by atoms with Crippen LogP contribution < -0.4 is 0 Å². The maximum Gasteiger partial charge on any atom is 0.320 e. The lowest BCUT2D eigenvalue weighted by atomic mass is 9.92. The first kappa shape index (κ1) is 19.6. The number of sulfone groups is 1. The molecular formula is C18H30N2O5S. The minimum Gasteiger partial charge on any atom is -0.480 e. The van der Waals surface area contributed by atoms with Crippen molar-refractivity contribution in [2.45, 2.75) is 75.9 Å². The second-order valence-corrected chi connectivity index (χ2v) is 10.2. The summed E-state index contributed by atoms with van der Waals surface area (Å²) in [5.74, 6) is -0.759. The molecule has 0 radical (unpaired) electrons. The van der Waals surface area contributed by atoms with Crippen LogP contribution in [-0.4, -0.2) is 77.9 Å². The van der Waals surface area contributed by atoms with Crippen molar-refractivity contribution < 1.29 is 23.1 Å². The summed E-state index contributed by atoms with van der Waals surface area (Å²) in [6.45, 7) is 0.703. The van der Waals surface area contributed by atoms with Gasteiger partial charge in [-0.25, -0.2) is 8.42 Å². The predicted octanol–water partition coefficient (Wildman–Crippen LogP) is 1.27. The molecule has 0 bridgehead atoms. The zero-order chi connectivity index (χ0) is 18.7. The Hall–Kier alpha value is -1.15. The molecule has 3 aliphatic rings. The zero-order valence-electron chi connectivity index (χ0n) is 15.3. The number of piperidine rings is 1. The van der Waals surface area contributed by atoms with Crippen molar-refractivity contribution in [3.05, 3.63) is 0 Å². The second kappa shape index (κ2) is 8.25. The van der Waals surface area contributed by atoms with Crippen LogP contribution in [0.15, 0.2) is 0 Å². The van der Waals surface area contributed by atoms with Crippen LogP contribution in [0.25, 0.3) is 0 Å². The fourth-order valence-electron chi connectivity index (χ4n) is 4.77. The molecule has 1 N–H and O–H groups in total. The van der Waals surface area contributed by atoms with Gasteiger partial charge in [-0.1, -0.05) is 25.7 Å². The molecule has 2 atom stereocenters. The van der Waals surface area contributed by atoms with Gasteiger partial charge in [-0.2, -0.15) is 0 Å². The van der Waals surface area contributed by atoms with Gasteiger partial charge in [0.25, 0.3) is 0 Å². The molecule has 26 heavy (non-hydrogen) atoms. The molecule has 1 amide bonds. The summed E-state index contributed by atoms with van der Waals surface area (Å²) in [7, 11) is -3.07. The summed E-state index contributed by atoms with van der Waals surface area (Å²) in [6, 6.07) is -0.750. The number of nitrogens with zero attached hydrogens (tertiary/aromatic N) is 2. The topological polar surface area (TPSA) is 95.0 Å². The first-order valence-electron chi connectivity index (χ1n) is 9.86. The minimum absolute atomic E-state index is 0.0532. The second-order valence-electron chi connectivity index (χ2n) is 7.97. The Kier molecular flexibility index (Phi) is 6.22. The molecule has 0 spiro atoms. The fourth-order valence-corrected chi connectivity index (χ4v) is 6.49. The van der Waals surface area contributed by atoms with Crippen LogP contribution in [0, 0.1) is 0 Å². The summed E-state index contributed by atoms with van der Waals surface area (Å²) in [5, 5.41) is 9.44. The zero-order valence-corrected chi connectivity index (χ0v) is 16.1. The summed E-state index contributed by atoms with van der Waals surface area (Å²) in [4.78, 5) is 28.3. The number of rotatable bonds is 5. The number of likely N-dealkylation sites (tertiary alicyclic amines) is 1. The minimum atomic E-state index is -3.07. The Balaban J connectivity index is 1.74. The third kappa shape index (κ3) is 4.57. The van der Waals surface area contributed by atoms with E-state index in [1.165, 1.54) is 0 Å². The number of hydrogen-bond acceptors (Lipinski definition) is 5. The Morgan fingerprint density at radius 2 is 1.65 bits per heavy atom. The molecule has 1 aliphatic carbocycles. The van der Waals surface area contributed by atoms with Crippen molar-refractivity contribution in [1.82, 2.24) is 9.80 Å². The van der Waals surface area contributed by atoms with Gasteiger partial charge in [0.2, 0.25) is 5.91 Å². The number of hydrogen-bond donors (Lipinski definition) is 1. The first-order valence-corrected chi connectivity index (χ1v) is 11.7. The van der Waals surface area contributed by atoms with Gasteiger partial charge >= 0.3 is 5.97 Å². The highest BCUT2D eigenvalue weighted by Gasteiger charge is 2.40. The van der Waals surface area contributed by atoms with Gasteiger partial charge in [-0.05, 0) is 38.6 Å². The monoisotopic (exact) mass is 386 g/mol. The van der Waals surface area contributed by atoms with Gasteiger partial charge in [0.05, 0.1) is 18.1 Å². The Morgan fingerprint density at radius 1 is 0.962 bits per heavy atom. The summed E-state index contributed by atoms with van der Waals surface area (Å²) < 4.78 is 23.9. The van der Waals surface area contributed by atoms with Crippen LogP contribution in [-0.2, 0) is 19.4 Å². The van der Waals surface area contributed by atoms with Gasteiger partial charge in [-0.3, -0.25) is 14.5 Å². The predicted molar refractivity (Wildman–Crippen MR) is 97.6 cm³/mol. The summed E-state index contributed by atoms with van der Waals surface area (Å²) in [6.07, 6.45) is 7.98. The van der Waals surface area contributed by atoms with Crippen molar-refractivity contribution >= 4 is 21.7 Å². The van der Waals surface area contributed by atoms with E-state index in [2.05, 4.69) is 0 Å². The maximum absolute atomic E-state index is 13.2. The average Bonchev–Trinajstić information content (AvgIpc) is 2.96. The number of carbonyl (C=O) groups is 2. The number of amides is 1. The first-order chi connectivity index (χ1) is 12.4. The largest absolute Gasteiger partial charge is 0.480 e. The molecule has 7 nitrogen and oxygen atoms in total. The number of carbonyl (C=O) groups excluding carboxylic acids is 1. The molecule has 0 aromatic carbocycles. The quantitative estimate of drug-likeness (QED) is 0.765. The highest BCUT2D eigenvalue weighted by atomic mass is 32.2. The lowest BCUT2D eigenvalue weighted by molar-refractivity contribution is -0.147. The van der Waals surface area contributed by atoms with Crippen molar-refractivity contribution in [2.24, 2.45) is 0 Å². The lowest BCUT2D eigenvalue weighted by Gasteiger charge is -2.40. The van der Waals surface area contributed by atoms with Crippen LogP contribution >= 0.6 is 0 Å². The summed E-state index contributed by atoms with van der Waals surface area (Å²) in [5.41, 5.74) is 0. The van der Waals surface area contributed by atoms with Gasteiger partial charge in [-0.15, -0.1) is 0 Å².